The van der Waals surface area contributed by atoms with E-state index in [2.05, 4.69) is 10.2 Å². The lowest BCUT2D eigenvalue weighted by molar-refractivity contribution is 0.0123. The highest BCUT2D eigenvalue weighted by Crippen LogP contribution is 2.37. The van der Waals surface area contributed by atoms with Gasteiger partial charge in [0.1, 0.15) is 30.4 Å². The number of nitrogens with zero attached hydrogens (tertiary/aromatic N) is 2. The fourth-order valence-corrected chi connectivity index (χ4v) is 5.35. The molecule has 0 aromatic heterocycles. The molecule has 2 fully saturated rings. The Balaban J connectivity index is 1.20. The van der Waals surface area contributed by atoms with Gasteiger partial charge in [-0.15, -0.1) is 0 Å². The van der Waals surface area contributed by atoms with E-state index in [9.17, 15) is 9.59 Å². The molecule has 198 valence electrons. The summed E-state index contributed by atoms with van der Waals surface area (Å²) in [6.45, 7) is 7.23. The van der Waals surface area contributed by atoms with Crippen LogP contribution in [-0.2, 0) is 22.5 Å². The van der Waals surface area contributed by atoms with E-state index in [4.69, 9.17) is 14.2 Å². The molecule has 0 saturated carbocycles. The number of amides is 2. The fourth-order valence-electron chi connectivity index (χ4n) is 5.35. The molecule has 2 unspecified atom stereocenters. The maximum atomic E-state index is 15.2. The van der Waals surface area contributed by atoms with Gasteiger partial charge in [0.05, 0.1) is 18.1 Å². The molecule has 0 aliphatic carbocycles. The molecule has 1 N–H and O–H groups in total. The van der Waals surface area contributed by atoms with Crippen LogP contribution in [0.3, 0.4) is 0 Å². The topological polar surface area (TPSA) is 80.3 Å². The van der Waals surface area contributed by atoms with Gasteiger partial charge in [-0.1, -0.05) is 30.3 Å². The number of rotatable bonds is 4. The quantitative estimate of drug-likeness (QED) is 0.644. The third-order valence-electron chi connectivity index (χ3n) is 7.02. The molecule has 2 aromatic carbocycles. The molecule has 3 atom stereocenters. The number of halogens is 1. The molecule has 0 spiro atoms. The summed E-state index contributed by atoms with van der Waals surface area (Å²) in [5.41, 5.74) is 1.53. The lowest BCUT2D eigenvalue weighted by Crippen LogP contribution is -2.56. The second-order valence-electron chi connectivity index (χ2n) is 11.0. The number of anilines is 1. The smallest absolute Gasteiger partial charge is 0.410 e. The van der Waals surface area contributed by atoms with Gasteiger partial charge in [0.2, 0.25) is 0 Å². The van der Waals surface area contributed by atoms with E-state index >= 15 is 4.39 Å². The molecule has 9 heteroatoms. The van der Waals surface area contributed by atoms with Gasteiger partial charge in [-0.25, -0.2) is 14.0 Å². The molecule has 5 rings (SSSR count). The third-order valence-corrected chi connectivity index (χ3v) is 7.02. The van der Waals surface area contributed by atoms with E-state index in [-0.39, 0.29) is 43.2 Å². The zero-order valence-electron chi connectivity index (χ0n) is 21.5. The van der Waals surface area contributed by atoms with Crippen molar-refractivity contribution in [3.05, 3.63) is 59.4 Å². The zero-order chi connectivity index (χ0) is 26.2. The molecule has 3 aliphatic rings. The molecule has 37 heavy (non-hydrogen) atoms. The van der Waals surface area contributed by atoms with Gasteiger partial charge in [0.15, 0.2) is 0 Å². The molecule has 3 heterocycles. The van der Waals surface area contributed by atoms with Crippen LogP contribution < -0.4 is 15.0 Å². The first-order valence-electron chi connectivity index (χ1n) is 12.8. The highest BCUT2D eigenvalue weighted by Gasteiger charge is 2.44. The number of fused-ring (bicyclic) bond motifs is 3. The molecular weight excluding hydrogens is 477 g/mol. The lowest BCUT2D eigenvalue weighted by atomic mass is 10.0. The van der Waals surface area contributed by atoms with Crippen LogP contribution in [0.15, 0.2) is 42.5 Å². The van der Waals surface area contributed by atoms with Crippen LogP contribution in [0, 0.1) is 5.82 Å². The van der Waals surface area contributed by atoms with Crippen molar-refractivity contribution in [2.24, 2.45) is 0 Å². The van der Waals surface area contributed by atoms with Crippen molar-refractivity contribution in [2.75, 3.05) is 24.6 Å². The van der Waals surface area contributed by atoms with Crippen LogP contribution in [0.5, 0.6) is 5.75 Å². The van der Waals surface area contributed by atoms with Crippen LogP contribution in [0.25, 0.3) is 0 Å². The van der Waals surface area contributed by atoms with Crippen molar-refractivity contribution in [1.29, 1.82) is 0 Å². The van der Waals surface area contributed by atoms with Crippen LogP contribution in [0.4, 0.5) is 19.7 Å². The Kier molecular flexibility index (Phi) is 6.88. The largest absolute Gasteiger partial charge is 0.491 e. The van der Waals surface area contributed by atoms with Gasteiger partial charge >= 0.3 is 12.2 Å². The van der Waals surface area contributed by atoms with Crippen molar-refractivity contribution in [1.82, 2.24) is 10.2 Å². The minimum atomic E-state index is -0.559. The van der Waals surface area contributed by atoms with Crippen molar-refractivity contribution in [3.63, 3.8) is 0 Å². The van der Waals surface area contributed by atoms with Gasteiger partial charge in [-0.05, 0) is 45.2 Å². The van der Waals surface area contributed by atoms with Gasteiger partial charge in [-0.3, -0.25) is 4.90 Å². The maximum absolute atomic E-state index is 15.2. The molecule has 2 bridgehead atoms. The van der Waals surface area contributed by atoms with E-state index in [0.717, 1.165) is 24.1 Å². The zero-order valence-corrected chi connectivity index (χ0v) is 21.5. The standard InChI is InChI=1S/C28H34FN3O5/c1-28(2,3)37-27(34)32-20-9-10-21(32)15-31(14-20)22-12-24(29)23-11-19(17-35-25(23)13-22)30-26(33)36-16-18-7-5-4-6-8-18/h4-8,12-13,19-21H,9-11,14-17H2,1-3H3,(H,30,33)/t19-,20?,21?/m1/s1. The summed E-state index contributed by atoms with van der Waals surface area (Å²) in [5.74, 6) is 0.131. The summed E-state index contributed by atoms with van der Waals surface area (Å²) < 4.78 is 32.0. The van der Waals surface area contributed by atoms with Gasteiger partial charge in [0, 0.05) is 36.8 Å². The van der Waals surface area contributed by atoms with Gasteiger partial charge in [-0.2, -0.15) is 0 Å². The number of nitrogens with one attached hydrogen (secondary N) is 1. The molecule has 3 aliphatic heterocycles. The second-order valence-corrected chi connectivity index (χ2v) is 11.0. The molecule has 2 amide bonds. The first-order valence-corrected chi connectivity index (χ1v) is 12.8. The molecular formula is C28H34FN3O5. The molecule has 8 nitrogen and oxygen atoms in total. The first kappa shape index (κ1) is 25.2. The number of piperazine rings is 1. The second kappa shape index (κ2) is 10.1. The van der Waals surface area contributed by atoms with Crippen molar-refractivity contribution < 1.29 is 28.2 Å². The Morgan fingerprint density at radius 2 is 1.81 bits per heavy atom. The lowest BCUT2D eigenvalue weighted by Gasteiger charge is -2.42. The first-order chi connectivity index (χ1) is 17.7. The van der Waals surface area contributed by atoms with Gasteiger partial charge < -0.3 is 24.4 Å². The van der Waals surface area contributed by atoms with Gasteiger partial charge in [0.25, 0.3) is 0 Å². The minimum absolute atomic E-state index is 0.0316. The molecule has 0 radical (unpaired) electrons. The van der Waals surface area contributed by atoms with Crippen molar-refractivity contribution >= 4 is 17.9 Å². The normalized spacial score (nSPS) is 22.6. The van der Waals surface area contributed by atoms with Crippen LogP contribution in [0.2, 0.25) is 0 Å². The maximum Gasteiger partial charge on any atom is 0.410 e. The monoisotopic (exact) mass is 511 g/mol. The summed E-state index contributed by atoms with van der Waals surface area (Å²) in [4.78, 5) is 29.0. The number of carbonyl (C=O) groups excluding carboxylic acids is 2. The Morgan fingerprint density at radius 1 is 1.11 bits per heavy atom. The number of alkyl carbamates (subject to hydrolysis) is 1. The van der Waals surface area contributed by atoms with Crippen LogP contribution >= 0.6 is 0 Å². The van der Waals surface area contributed by atoms with E-state index < -0.39 is 11.7 Å². The summed E-state index contributed by atoms with van der Waals surface area (Å²) in [6.07, 6.45) is 1.28. The van der Waals surface area contributed by atoms with Crippen LogP contribution in [-0.4, -0.2) is 60.5 Å². The SMILES string of the molecule is CC(C)(C)OC(=O)N1C2CCC1CN(c1cc(F)c3c(c1)OC[C@H](NC(=O)OCc1ccccc1)C3)C2. The summed E-state index contributed by atoms with van der Waals surface area (Å²) in [6, 6.07) is 12.5. The number of benzene rings is 2. The summed E-state index contributed by atoms with van der Waals surface area (Å²) in [7, 11) is 0. The Bertz CT molecular complexity index is 1140. The average Bonchev–Trinajstić information content (AvgIpc) is 3.12. The Hall–Kier alpha value is -3.49. The Morgan fingerprint density at radius 3 is 2.49 bits per heavy atom. The number of ether oxygens (including phenoxy) is 3. The fraction of sp³-hybridized carbons (Fsp3) is 0.500. The van der Waals surface area contributed by atoms with Crippen molar-refractivity contribution in [3.8, 4) is 5.75 Å². The third kappa shape index (κ3) is 5.76. The Labute approximate surface area is 216 Å². The number of hydrogen-bond acceptors (Lipinski definition) is 6. The predicted molar refractivity (Wildman–Crippen MR) is 136 cm³/mol. The average molecular weight is 512 g/mol. The van der Waals surface area contributed by atoms with Crippen LogP contribution in [0.1, 0.15) is 44.7 Å². The molecule has 2 saturated heterocycles. The summed E-state index contributed by atoms with van der Waals surface area (Å²) >= 11 is 0. The van der Waals surface area contributed by atoms with E-state index in [1.807, 2.05) is 62.1 Å². The van der Waals surface area contributed by atoms with E-state index in [1.165, 1.54) is 6.07 Å². The van der Waals surface area contributed by atoms with Crippen molar-refractivity contribution in [2.45, 2.75) is 70.4 Å². The summed E-state index contributed by atoms with van der Waals surface area (Å²) in [5, 5.41) is 2.77. The highest BCUT2D eigenvalue weighted by molar-refractivity contribution is 5.71. The number of hydrogen-bond donors (Lipinski definition) is 1. The predicted octanol–water partition coefficient (Wildman–Crippen LogP) is 4.64. The van der Waals surface area contributed by atoms with E-state index in [1.54, 1.807) is 0 Å². The van der Waals surface area contributed by atoms with E-state index in [0.29, 0.717) is 30.8 Å². The molecule has 2 aromatic rings. The highest BCUT2D eigenvalue weighted by atomic mass is 19.1. The number of carbonyl (C=O) groups is 2. The minimum Gasteiger partial charge on any atom is -0.491 e.